The standard InChI is InChI=1S/C16H18BrN3O2S/c1-9(8-18)16(22)20-11-4-2-10(3-5-11)15-13(17)6-12(23-15)7-14(19)21/h2-6,9H,7-8,18H2,1H3,(H2,19,21)(H,20,22). The van der Waals surface area contributed by atoms with Crippen LogP contribution in [0.2, 0.25) is 0 Å². The lowest BCUT2D eigenvalue weighted by atomic mass is 10.1. The zero-order chi connectivity index (χ0) is 17.0. The number of hydrogen-bond acceptors (Lipinski definition) is 4. The first-order chi connectivity index (χ1) is 10.9. The van der Waals surface area contributed by atoms with E-state index in [9.17, 15) is 9.59 Å². The zero-order valence-corrected chi connectivity index (χ0v) is 15.0. The molecule has 1 atom stereocenters. The van der Waals surface area contributed by atoms with Gasteiger partial charge in [0, 0.05) is 32.4 Å². The molecule has 0 bridgehead atoms. The Balaban J connectivity index is 2.15. The lowest BCUT2D eigenvalue weighted by Gasteiger charge is -2.10. The molecule has 7 heteroatoms. The summed E-state index contributed by atoms with van der Waals surface area (Å²) in [6.07, 6.45) is 0.231. The van der Waals surface area contributed by atoms with Crippen LogP contribution in [0.5, 0.6) is 0 Å². The minimum Gasteiger partial charge on any atom is -0.369 e. The third kappa shape index (κ3) is 4.63. The second-order valence-corrected chi connectivity index (χ2v) is 7.23. The molecule has 2 aromatic rings. The number of carbonyl (C=O) groups excluding carboxylic acids is 2. The van der Waals surface area contributed by atoms with Gasteiger partial charge in [0.15, 0.2) is 0 Å². The molecule has 0 fully saturated rings. The molecule has 0 saturated heterocycles. The number of anilines is 1. The summed E-state index contributed by atoms with van der Waals surface area (Å²) in [5.41, 5.74) is 12.4. The first kappa shape index (κ1) is 17.7. The van der Waals surface area contributed by atoms with E-state index in [-0.39, 0.29) is 24.2 Å². The Bertz CT molecular complexity index is 713. The van der Waals surface area contributed by atoms with Crippen LogP contribution in [0.3, 0.4) is 0 Å². The summed E-state index contributed by atoms with van der Waals surface area (Å²) >= 11 is 5.02. The topological polar surface area (TPSA) is 98.2 Å². The third-order valence-corrected chi connectivity index (χ3v) is 5.37. The molecule has 2 rings (SSSR count). The Kier molecular flexibility index (Phi) is 5.92. The maximum atomic E-state index is 11.8. The van der Waals surface area contributed by atoms with Gasteiger partial charge in [-0.15, -0.1) is 11.3 Å². The van der Waals surface area contributed by atoms with E-state index in [2.05, 4.69) is 21.2 Å². The Labute approximate surface area is 147 Å². The van der Waals surface area contributed by atoms with Gasteiger partial charge < -0.3 is 16.8 Å². The van der Waals surface area contributed by atoms with Crippen molar-refractivity contribution in [3.63, 3.8) is 0 Å². The average Bonchev–Trinajstić information content (AvgIpc) is 2.86. The summed E-state index contributed by atoms with van der Waals surface area (Å²) in [6.45, 7) is 2.10. The predicted molar refractivity (Wildman–Crippen MR) is 97.2 cm³/mol. The number of halogens is 1. The number of nitrogens with two attached hydrogens (primary N) is 2. The molecule has 2 amide bonds. The van der Waals surface area contributed by atoms with Gasteiger partial charge in [0.25, 0.3) is 0 Å². The van der Waals surface area contributed by atoms with Gasteiger partial charge in [-0.05, 0) is 39.7 Å². The SMILES string of the molecule is CC(CN)C(=O)Nc1ccc(-c2sc(CC(N)=O)cc2Br)cc1. The van der Waals surface area contributed by atoms with Gasteiger partial charge in [0.1, 0.15) is 0 Å². The molecule has 1 heterocycles. The highest BCUT2D eigenvalue weighted by molar-refractivity contribution is 9.10. The largest absolute Gasteiger partial charge is 0.369 e. The minimum absolute atomic E-state index is 0.0960. The predicted octanol–water partition coefficient (Wildman–Crippen LogP) is 2.74. The average molecular weight is 396 g/mol. The van der Waals surface area contributed by atoms with E-state index in [0.717, 1.165) is 25.5 Å². The van der Waals surface area contributed by atoms with Crippen molar-refractivity contribution in [2.45, 2.75) is 13.3 Å². The number of benzene rings is 1. The Morgan fingerprint density at radius 1 is 1.30 bits per heavy atom. The van der Waals surface area contributed by atoms with Crippen LogP contribution in [0.25, 0.3) is 10.4 Å². The number of thiophene rings is 1. The van der Waals surface area contributed by atoms with Crippen molar-refractivity contribution in [3.05, 3.63) is 39.7 Å². The van der Waals surface area contributed by atoms with Crippen LogP contribution < -0.4 is 16.8 Å². The van der Waals surface area contributed by atoms with Crippen molar-refractivity contribution in [2.24, 2.45) is 17.4 Å². The molecule has 5 nitrogen and oxygen atoms in total. The molecule has 0 radical (unpaired) electrons. The fourth-order valence-corrected chi connectivity index (χ4v) is 3.91. The molecular formula is C16H18BrN3O2S. The van der Waals surface area contributed by atoms with Gasteiger partial charge in [0.05, 0.1) is 6.42 Å². The fraction of sp³-hybridized carbons (Fsp3) is 0.250. The smallest absolute Gasteiger partial charge is 0.228 e. The van der Waals surface area contributed by atoms with E-state index in [0.29, 0.717) is 6.54 Å². The van der Waals surface area contributed by atoms with E-state index < -0.39 is 0 Å². The van der Waals surface area contributed by atoms with E-state index >= 15 is 0 Å². The first-order valence-electron chi connectivity index (χ1n) is 7.08. The Hall–Kier alpha value is -1.70. The summed E-state index contributed by atoms with van der Waals surface area (Å²) in [5, 5.41) is 2.83. The molecule has 1 aromatic carbocycles. The lowest BCUT2D eigenvalue weighted by Crippen LogP contribution is -2.26. The summed E-state index contributed by atoms with van der Waals surface area (Å²) in [5.74, 6) is -0.670. The van der Waals surface area contributed by atoms with Crippen LogP contribution in [0.1, 0.15) is 11.8 Å². The molecule has 0 aliphatic carbocycles. The van der Waals surface area contributed by atoms with E-state index in [4.69, 9.17) is 11.5 Å². The molecule has 0 aliphatic rings. The van der Waals surface area contributed by atoms with Crippen LogP contribution >= 0.6 is 27.3 Å². The molecule has 1 unspecified atom stereocenters. The van der Waals surface area contributed by atoms with Crippen LogP contribution in [0.4, 0.5) is 5.69 Å². The van der Waals surface area contributed by atoms with Gasteiger partial charge in [0.2, 0.25) is 11.8 Å². The first-order valence-corrected chi connectivity index (χ1v) is 8.69. The molecule has 1 aromatic heterocycles. The lowest BCUT2D eigenvalue weighted by molar-refractivity contribution is -0.119. The van der Waals surface area contributed by atoms with Crippen LogP contribution in [-0.2, 0) is 16.0 Å². The number of nitrogens with one attached hydrogen (secondary N) is 1. The number of primary amides is 1. The van der Waals surface area contributed by atoms with Crippen molar-refractivity contribution in [3.8, 4) is 10.4 Å². The maximum absolute atomic E-state index is 11.8. The molecule has 0 saturated carbocycles. The Morgan fingerprint density at radius 2 is 1.96 bits per heavy atom. The normalized spacial score (nSPS) is 12.0. The second-order valence-electron chi connectivity index (χ2n) is 5.24. The second kappa shape index (κ2) is 7.72. The molecule has 5 N–H and O–H groups in total. The Morgan fingerprint density at radius 3 is 2.52 bits per heavy atom. The third-order valence-electron chi connectivity index (χ3n) is 3.30. The summed E-state index contributed by atoms with van der Waals surface area (Å²) in [4.78, 5) is 24.8. The highest BCUT2D eigenvalue weighted by Gasteiger charge is 2.13. The minimum atomic E-state index is -0.350. The molecule has 0 spiro atoms. The van der Waals surface area contributed by atoms with Crippen LogP contribution in [-0.4, -0.2) is 18.4 Å². The maximum Gasteiger partial charge on any atom is 0.228 e. The van der Waals surface area contributed by atoms with Crippen molar-refractivity contribution < 1.29 is 9.59 Å². The highest BCUT2D eigenvalue weighted by Crippen LogP contribution is 2.37. The van der Waals surface area contributed by atoms with Crippen molar-refractivity contribution in [2.75, 3.05) is 11.9 Å². The van der Waals surface area contributed by atoms with E-state index in [1.807, 2.05) is 30.3 Å². The van der Waals surface area contributed by atoms with Gasteiger partial charge in [-0.1, -0.05) is 19.1 Å². The number of rotatable bonds is 6. The van der Waals surface area contributed by atoms with Gasteiger partial charge in [-0.3, -0.25) is 9.59 Å². The van der Waals surface area contributed by atoms with Crippen LogP contribution in [0.15, 0.2) is 34.8 Å². The number of amides is 2. The van der Waals surface area contributed by atoms with Crippen LogP contribution in [0, 0.1) is 5.92 Å². The summed E-state index contributed by atoms with van der Waals surface area (Å²) < 4.78 is 0.923. The van der Waals surface area contributed by atoms with Gasteiger partial charge in [-0.2, -0.15) is 0 Å². The quantitative estimate of drug-likeness (QED) is 0.700. The number of hydrogen-bond donors (Lipinski definition) is 3. The summed E-state index contributed by atoms with van der Waals surface area (Å²) in [6, 6.07) is 9.44. The molecule has 122 valence electrons. The van der Waals surface area contributed by atoms with Gasteiger partial charge >= 0.3 is 0 Å². The van der Waals surface area contributed by atoms with E-state index in [1.54, 1.807) is 6.92 Å². The molecular weight excluding hydrogens is 378 g/mol. The molecule has 23 heavy (non-hydrogen) atoms. The monoisotopic (exact) mass is 395 g/mol. The number of carbonyl (C=O) groups is 2. The summed E-state index contributed by atoms with van der Waals surface area (Å²) in [7, 11) is 0. The molecule has 0 aliphatic heterocycles. The highest BCUT2D eigenvalue weighted by atomic mass is 79.9. The van der Waals surface area contributed by atoms with Crippen molar-refractivity contribution >= 4 is 44.8 Å². The van der Waals surface area contributed by atoms with Crippen molar-refractivity contribution in [1.29, 1.82) is 0 Å². The van der Waals surface area contributed by atoms with Crippen molar-refractivity contribution in [1.82, 2.24) is 0 Å². The fourth-order valence-electron chi connectivity index (χ4n) is 1.95. The zero-order valence-electron chi connectivity index (χ0n) is 12.6. The van der Waals surface area contributed by atoms with Gasteiger partial charge in [-0.25, -0.2) is 0 Å². The van der Waals surface area contributed by atoms with E-state index in [1.165, 1.54) is 11.3 Å².